The summed E-state index contributed by atoms with van der Waals surface area (Å²) in [5, 5.41) is 17.5. The SMILES string of the molecule is CC(C)CCNC(=S)[S-].CC(C)CCNC(=S)[S-].CC(C)CCNC(=S)[S-].CC(C)CCNC(=S)[S-].CC(C)CCNC(=S)[S-].CC(C)CCNC(=S)[S-].O=S.O=S.O=S.O=S.O=S.O=S.[Mo+6]. The van der Waals surface area contributed by atoms with Crippen LogP contribution in [0.5, 0.6) is 0 Å². The third-order valence-electron chi connectivity index (χ3n) is 5.95. The van der Waals surface area contributed by atoms with Gasteiger partial charge in [0.05, 0.1) is 0 Å². The largest absolute Gasteiger partial charge is 6.00 e. The van der Waals surface area contributed by atoms with Crippen LogP contribution in [0.4, 0.5) is 0 Å². The van der Waals surface area contributed by atoms with E-state index >= 15 is 0 Å². The van der Waals surface area contributed by atoms with Crippen molar-refractivity contribution in [3.8, 4) is 0 Å². The Balaban J connectivity index is -0.0000000452. The van der Waals surface area contributed by atoms with Gasteiger partial charge in [-0.3, -0.25) is 0 Å². The summed E-state index contributed by atoms with van der Waals surface area (Å²) < 4.78 is 49.9. The molecule has 0 atom stereocenters. The summed E-state index contributed by atoms with van der Waals surface area (Å²) in [5.74, 6) is 4.34. The molecular weight excluding hydrogens is 1290 g/mol. The van der Waals surface area contributed by atoms with Gasteiger partial charge in [0.1, 0.15) is 0 Å². The van der Waals surface area contributed by atoms with Gasteiger partial charge in [0.25, 0.3) is 0 Å². The molecule has 0 unspecified atom stereocenters. The van der Waals surface area contributed by atoms with Crippen molar-refractivity contribution < 1.29 is 46.3 Å². The second-order valence-corrected chi connectivity index (χ2v) is 20.8. The average molecular weight is 1360 g/mol. The maximum Gasteiger partial charge on any atom is 6.00 e. The number of hydrogen-bond acceptors (Lipinski definition) is 24. The standard InChI is InChI=1S/6C6H13NS2.Mo.6OS/c6*1-5(2)3-4-7-6(8)9;;6*1-2/h6*5H,3-4H2,1-2H3,(H2,7,8,9);;;;;;;/q;;;;;;+6;;;;;;/p-6. The Labute approximate surface area is 518 Å². The molecule has 0 saturated carbocycles. The second kappa shape index (κ2) is 96.9. The van der Waals surface area contributed by atoms with Crippen molar-refractivity contribution in [3.63, 3.8) is 0 Å². The van der Waals surface area contributed by atoms with Crippen LogP contribution >= 0.6 is 73.3 Å². The molecule has 0 aliphatic rings. The summed E-state index contributed by atoms with van der Waals surface area (Å²) in [7, 11) is 0. The van der Waals surface area contributed by atoms with Crippen LogP contribution in [0.1, 0.15) is 122 Å². The van der Waals surface area contributed by atoms with Crippen molar-refractivity contribution in [1.82, 2.24) is 31.9 Å². The zero-order chi connectivity index (χ0) is 55.7. The van der Waals surface area contributed by atoms with Gasteiger partial charge < -0.3 is 181 Å². The van der Waals surface area contributed by atoms with Crippen LogP contribution in [-0.4, -0.2) is 90.4 Å². The molecule has 0 aromatic heterocycles. The topological polar surface area (TPSA) is 175 Å². The van der Waals surface area contributed by atoms with Crippen LogP contribution < -0.4 is 31.9 Å². The first-order valence-corrected chi connectivity index (χ1v) is 26.3. The number of rotatable bonds is 18. The van der Waals surface area contributed by atoms with E-state index in [0.717, 1.165) is 113 Å². The molecule has 0 spiro atoms. The Kier molecular flexibility index (Phi) is 146. The molecule has 31 heteroatoms. The Morgan fingerprint density at radius 3 is 0.388 bits per heavy atom. The predicted octanol–water partition coefficient (Wildman–Crippen LogP) is 6.70. The zero-order valence-corrected chi connectivity index (χ0v) is 56.9. The fourth-order valence-electron chi connectivity index (χ4n) is 2.78. The van der Waals surface area contributed by atoms with Gasteiger partial charge in [0, 0.05) is 39.3 Å². The molecule has 396 valence electrons. The van der Waals surface area contributed by atoms with E-state index in [1.165, 1.54) is 0 Å². The van der Waals surface area contributed by atoms with E-state index in [2.05, 4.69) is 339 Å². The number of thiocarbonyl (C=S) groups is 6. The molecule has 0 saturated heterocycles. The minimum atomic E-state index is 0. The van der Waals surface area contributed by atoms with Crippen LogP contribution in [0.3, 0.4) is 0 Å². The summed E-state index contributed by atoms with van der Waals surface area (Å²) in [6.07, 6.45) is 6.81. The fraction of sp³-hybridized carbons (Fsp3) is 0.833. The van der Waals surface area contributed by atoms with Crippen LogP contribution in [0.25, 0.3) is 0 Å². The molecule has 0 fully saturated rings. The van der Waals surface area contributed by atoms with Gasteiger partial charge in [-0.05, 0) is 74.0 Å². The molecule has 6 N–H and O–H groups in total. The molecule has 0 heterocycles. The minimum absolute atomic E-state index is 0. The van der Waals surface area contributed by atoms with Crippen molar-refractivity contribution in [2.24, 2.45) is 35.5 Å². The van der Waals surface area contributed by atoms with E-state index in [4.69, 9.17) is 25.3 Å². The van der Waals surface area contributed by atoms with E-state index in [1.54, 1.807) is 0 Å². The summed E-state index contributed by atoms with van der Waals surface area (Å²) in [5.41, 5.74) is 0. The van der Waals surface area contributed by atoms with Crippen molar-refractivity contribution >= 4 is 250 Å². The second-order valence-electron chi connectivity index (χ2n) is 14.4. The molecule has 0 rings (SSSR count). The average Bonchev–Trinajstić information content (AvgIpc) is 3.22. The van der Waals surface area contributed by atoms with Crippen LogP contribution in [0, 0.1) is 35.5 Å². The molecule has 12 nitrogen and oxygen atoms in total. The molecular formula is C36H72MoN6O6S18. The van der Waals surface area contributed by atoms with Gasteiger partial charge >= 0.3 is 21.1 Å². The van der Waals surface area contributed by atoms with Crippen LogP contribution in [-0.2, 0) is 172 Å². The molecule has 0 bridgehead atoms. The normalized spacial score (nSPS) is 8.15. The maximum absolute atomic E-state index is 7.83. The van der Waals surface area contributed by atoms with E-state index < -0.39 is 0 Å². The quantitative estimate of drug-likeness (QED) is 0.0486. The first-order chi connectivity index (χ1) is 30.8. The first-order valence-electron chi connectivity index (χ1n) is 19.4. The molecule has 67 heavy (non-hydrogen) atoms. The van der Waals surface area contributed by atoms with Crippen molar-refractivity contribution in [1.29, 1.82) is 0 Å². The molecule has 0 radical (unpaired) electrons. The van der Waals surface area contributed by atoms with Gasteiger partial charge in [-0.15, -0.1) is 0 Å². The van der Waals surface area contributed by atoms with E-state index in [1.807, 2.05) is 0 Å². The van der Waals surface area contributed by atoms with Gasteiger partial charge in [-0.2, -0.15) is 25.3 Å². The molecule has 0 amide bonds. The fourth-order valence-corrected chi connectivity index (χ4v) is 4.00. The van der Waals surface area contributed by atoms with Crippen LogP contribution in [0.2, 0.25) is 0 Å². The summed E-state index contributed by atoms with van der Waals surface area (Å²) in [6, 6.07) is 0. The monoisotopic (exact) mass is 1360 g/mol. The Hall–Kier alpha value is 1.47. The summed E-state index contributed by atoms with van der Waals surface area (Å²) in [6.45, 7) is 31.6. The smallest absolute Gasteiger partial charge is 0.412 e. The molecule has 0 aliphatic heterocycles. The molecule has 0 aromatic carbocycles. The maximum atomic E-state index is 7.83. The van der Waals surface area contributed by atoms with E-state index in [-0.39, 0.29) is 21.1 Å². The van der Waals surface area contributed by atoms with E-state index in [9.17, 15) is 0 Å². The summed E-state index contributed by atoms with van der Waals surface area (Å²) in [4.78, 5) is 0. The predicted molar refractivity (Wildman–Crippen MR) is 333 cm³/mol. The van der Waals surface area contributed by atoms with E-state index in [0.29, 0.717) is 25.9 Å². The Morgan fingerprint density at radius 2 is 0.343 bits per heavy atom. The van der Waals surface area contributed by atoms with Gasteiger partial charge in [0.15, 0.2) is 75.2 Å². The molecule has 0 aromatic rings. The third-order valence-corrected chi connectivity index (χ3v) is 7.68. The number of hydrogen-bond donors (Lipinski definition) is 6. The van der Waals surface area contributed by atoms with Gasteiger partial charge in [-0.1, -0.05) is 109 Å². The number of nitrogens with one attached hydrogen (secondary N) is 6. The first kappa shape index (κ1) is 101. The van der Waals surface area contributed by atoms with Crippen molar-refractivity contribution in [3.05, 3.63) is 0 Å². The van der Waals surface area contributed by atoms with Crippen LogP contribution in [0.15, 0.2) is 0 Å². The van der Waals surface area contributed by atoms with Crippen molar-refractivity contribution in [2.75, 3.05) is 39.3 Å². The van der Waals surface area contributed by atoms with Gasteiger partial charge in [0.2, 0.25) is 0 Å². The van der Waals surface area contributed by atoms with Crippen molar-refractivity contribution in [2.45, 2.75) is 122 Å². The Bertz CT molecular complexity index is 857. The summed E-state index contributed by atoms with van der Waals surface area (Å²) >= 11 is 72.8. The molecule has 0 aliphatic carbocycles. The third kappa shape index (κ3) is 206. The van der Waals surface area contributed by atoms with Gasteiger partial charge in [-0.25, -0.2) is 0 Å². The zero-order valence-electron chi connectivity index (χ0n) is 40.2. The Morgan fingerprint density at radius 1 is 0.269 bits per heavy atom. The minimum Gasteiger partial charge on any atom is -0.412 e.